The first-order chi connectivity index (χ1) is 9.47. The molecule has 6 nitrogen and oxygen atoms in total. The number of hydrogen-bond donors (Lipinski definition) is 1. The first kappa shape index (κ1) is 18.4. The highest BCUT2D eigenvalue weighted by Crippen LogP contribution is 1.99. The zero-order chi connectivity index (χ0) is 15.4. The molecule has 0 aliphatic heterocycles. The fraction of sp³-hybridized carbons (Fsp3) is 0.714. The molecule has 1 N–H and O–H groups in total. The molecule has 0 saturated carbocycles. The summed E-state index contributed by atoms with van der Waals surface area (Å²) in [4.78, 5) is 22.3. The summed E-state index contributed by atoms with van der Waals surface area (Å²) in [6.07, 6.45) is 0.507. The highest BCUT2D eigenvalue weighted by Gasteiger charge is 2.05. The van der Waals surface area contributed by atoms with Gasteiger partial charge in [-0.2, -0.15) is 0 Å². The van der Waals surface area contributed by atoms with Crippen molar-refractivity contribution < 1.29 is 23.8 Å². The topological polar surface area (TPSA) is 73.9 Å². The number of ether oxygens (including phenoxy) is 3. The van der Waals surface area contributed by atoms with Crippen molar-refractivity contribution in [3.63, 3.8) is 0 Å². The summed E-state index contributed by atoms with van der Waals surface area (Å²) in [5.74, 6) is 0.0328. The van der Waals surface area contributed by atoms with Crippen LogP contribution in [-0.4, -0.2) is 45.0 Å². The van der Waals surface area contributed by atoms with E-state index in [2.05, 4.69) is 25.7 Å². The summed E-state index contributed by atoms with van der Waals surface area (Å²) in [6.45, 7) is 10.7. The van der Waals surface area contributed by atoms with Gasteiger partial charge in [0.1, 0.15) is 13.2 Å². The normalized spacial score (nSPS) is 11.6. The Labute approximate surface area is 120 Å². The molecule has 0 fully saturated rings. The Balaban J connectivity index is 3.42. The third-order valence-corrected chi connectivity index (χ3v) is 2.51. The lowest BCUT2D eigenvalue weighted by atomic mass is 10.1. The van der Waals surface area contributed by atoms with Gasteiger partial charge in [0.2, 0.25) is 0 Å². The molecule has 0 aromatic rings. The van der Waals surface area contributed by atoms with E-state index in [0.29, 0.717) is 24.7 Å². The molecular formula is C14H25NO5. The number of carbonyl (C=O) groups is 2. The van der Waals surface area contributed by atoms with E-state index in [0.717, 1.165) is 6.42 Å². The zero-order valence-corrected chi connectivity index (χ0v) is 12.6. The second-order valence-electron chi connectivity index (χ2n) is 4.57. The maximum Gasteiger partial charge on any atom is 0.407 e. The van der Waals surface area contributed by atoms with Crippen molar-refractivity contribution in [1.82, 2.24) is 5.32 Å². The van der Waals surface area contributed by atoms with Gasteiger partial charge >= 0.3 is 12.1 Å². The third-order valence-electron chi connectivity index (χ3n) is 2.51. The first-order valence-electron chi connectivity index (χ1n) is 6.78. The Bertz CT molecular complexity index is 317. The minimum Gasteiger partial charge on any atom is -0.460 e. The maximum atomic E-state index is 11.2. The second kappa shape index (κ2) is 11.3. The highest BCUT2D eigenvalue weighted by molar-refractivity contribution is 5.86. The molecule has 0 spiro atoms. The molecule has 6 heteroatoms. The Hall–Kier alpha value is -1.56. The van der Waals surface area contributed by atoms with Crippen molar-refractivity contribution in [3.05, 3.63) is 12.2 Å². The molecule has 116 valence electrons. The van der Waals surface area contributed by atoms with Gasteiger partial charge in [0, 0.05) is 12.2 Å². The number of nitrogens with one attached hydrogen (secondary N) is 1. The molecule has 0 rings (SSSR count). The van der Waals surface area contributed by atoms with Crippen molar-refractivity contribution in [2.24, 2.45) is 5.92 Å². The Morgan fingerprint density at radius 2 is 1.90 bits per heavy atom. The standard InChI is InChI=1S/C14H25NO5/c1-5-12(4)10-18-8-9-20-14(17)15-6-7-19-13(16)11(2)3/h12H,2,5-10H2,1,3-4H3,(H,15,17). The summed E-state index contributed by atoms with van der Waals surface area (Å²) in [6, 6.07) is 0. The monoisotopic (exact) mass is 287 g/mol. The van der Waals surface area contributed by atoms with Gasteiger partial charge in [0.25, 0.3) is 0 Å². The van der Waals surface area contributed by atoms with Gasteiger partial charge in [0.05, 0.1) is 13.2 Å². The van der Waals surface area contributed by atoms with E-state index in [4.69, 9.17) is 14.2 Å². The number of carbonyl (C=O) groups excluding carboxylic acids is 2. The van der Waals surface area contributed by atoms with Gasteiger partial charge < -0.3 is 19.5 Å². The first-order valence-corrected chi connectivity index (χ1v) is 6.78. The van der Waals surface area contributed by atoms with Gasteiger partial charge in [-0.05, 0) is 12.8 Å². The number of hydrogen-bond acceptors (Lipinski definition) is 5. The van der Waals surface area contributed by atoms with Crippen LogP contribution in [0.1, 0.15) is 27.2 Å². The number of esters is 1. The molecule has 0 bridgehead atoms. The maximum absolute atomic E-state index is 11.2. The van der Waals surface area contributed by atoms with E-state index in [9.17, 15) is 9.59 Å². The fourth-order valence-corrected chi connectivity index (χ4v) is 1.07. The average Bonchev–Trinajstić information content (AvgIpc) is 2.42. The zero-order valence-electron chi connectivity index (χ0n) is 12.6. The second-order valence-corrected chi connectivity index (χ2v) is 4.57. The molecule has 1 amide bonds. The quantitative estimate of drug-likeness (QED) is 0.377. The van der Waals surface area contributed by atoms with E-state index in [1.54, 1.807) is 6.92 Å². The van der Waals surface area contributed by atoms with E-state index >= 15 is 0 Å². The fourth-order valence-electron chi connectivity index (χ4n) is 1.07. The van der Waals surface area contributed by atoms with Crippen molar-refractivity contribution in [2.75, 3.05) is 33.0 Å². The van der Waals surface area contributed by atoms with Gasteiger partial charge in [-0.1, -0.05) is 26.8 Å². The SMILES string of the molecule is C=C(C)C(=O)OCCNC(=O)OCCOCC(C)CC. The van der Waals surface area contributed by atoms with E-state index in [-0.39, 0.29) is 19.8 Å². The molecule has 0 heterocycles. The molecule has 0 aliphatic rings. The molecule has 1 atom stereocenters. The van der Waals surface area contributed by atoms with Crippen molar-refractivity contribution in [3.8, 4) is 0 Å². The van der Waals surface area contributed by atoms with Gasteiger partial charge in [-0.25, -0.2) is 9.59 Å². The Kier molecular flexibility index (Phi) is 10.4. The van der Waals surface area contributed by atoms with Crippen LogP contribution in [0.15, 0.2) is 12.2 Å². The third kappa shape index (κ3) is 10.4. The van der Waals surface area contributed by atoms with Crippen LogP contribution in [0, 0.1) is 5.92 Å². The van der Waals surface area contributed by atoms with Gasteiger partial charge in [0.15, 0.2) is 0 Å². The molecule has 0 aromatic carbocycles. The Morgan fingerprint density at radius 1 is 1.20 bits per heavy atom. The summed E-state index contributed by atoms with van der Waals surface area (Å²) in [7, 11) is 0. The van der Waals surface area contributed by atoms with Crippen LogP contribution < -0.4 is 5.32 Å². The highest BCUT2D eigenvalue weighted by atomic mass is 16.6. The molecule has 0 aromatic heterocycles. The van der Waals surface area contributed by atoms with Crippen LogP contribution in [0.4, 0.5) is 4.79 Å². The summed E-state index contributed by atoms with van der Waals surface area (Å²) < 4.78 is 15.0. The van der Waals surface area contributed by atoms with Crippen LogP contribution in [0.5, 0.6) is 0 Å². The van der Waals surface area contributed by atoms with Crippen LogP contribution in [0.3, 0.4) is 0 Å². The number of rotatable bonds is 10. The van der Waals surface area contributed by atoms with Crippen LogP contribution in [0.2, 0.25) is 0 Å². The van der Waals surface area contributed by atoms with Crippen molar-refractivity contribution in [2.45, 2.75) is 27.2 Å². The van der Waals surface area contributed by atoms with Crippen LogP contribution in [-0.2, 0) is 19.0 Å². The predicted octanol–water partition coefficient (Wildman–Crippen LogP) is 1.89. The minimum absolute atomic E-state index is 0.0886. The van der Waals surface area contributed by atoms with Gasteiger partial charge in [-0.15, -0.1) is 0 Å². The summed E-state index contributed by atoms with van der Waals surface area (Å²) >= 11 is 0. The van der Waals surface area contributed by atoms with Crippen LogP contribution >= 0.6 is 0 Å². The van der Waals surface area contributed by atoms with E-state index in [1.807, 2.05) is 0 Å². The van der Waals surface area contributed by atoms with Crippen molar-refractivity contribution >= 4 is 12.1 Å². The lowest BCUT2D eigenvalue weighted by Gasteiger charge is -2.10. The molecular weight excluding hydrogens is 262 g/mol. The molecule has 0 saturated heterocycles. The number of amides is 1. The average molecular weight is 287 g/mol. The molecule has 0 aliphatic carbocycles. The molecule has 0 radical (unpaired) electrons. The molecule has 1 unspecified atom stereocenters. The van der Waals surface area contributed by atoms with Crippen LogP contribution in [0.25, 0.3) is 0 Å². The largest absolute Gasteiger partial charge is 0.460 e. The molecule has 20 heavy (non-hydrogen) atoms. The van der Waals surface area contributed by atoms with Gasteiger partial charge in [-0.3, -0.25) is 0 Å². The Morgan fingerprint density at radius 3 is 2.50 bits per heavy atom. The lowest BCUT2D eigenvalue weighted by Crippen LogP contribution is -2.29. The lowest BCUT2D eigenvalue weighted by molar-refractivity contribution is -0.138. The van der Waals surface area contributed by atoms with E-state index < -0.39 is 12.1 Å². The summed E-state index contributed by atoms with van der Waals surface area (Å²) in [5.41, 5.74) is 0.325. The summed E-state index contributed by atoms with van der Waals surface area (Å²) in [5, 5.41) is 2.46. The van der Waals surface area contributed by atoms with Crippen molar-refractivity contribution in [1.29, 1.82) is 0 Å². The minimum atomic E-state index is -0.552. The predicted molar refractivity (Wildman–Crippen MR) is 75.4 cm³/mol. The number of alkyl carbamates (subject to hydrolysis) is 1. The smallest absolute Gasteiger partial charge is 0.407 e. The van der Waals surface area contributed by atoms with E-state index in [1.165, 1.54) is 0 Å².